The molecular formula is C18H21N3O2S. The van der Waals surface area contributed by atoms with Crippen molar-refractivity contribution in [1.29, 1.82) is 5.26 Å². The fourth-order valence-electron chi connectivity index (χ4n) is 1.96. The van der Waals surface area contributed by atoms with Crippen LogP contribution in [0.25, 0.3) is 10.6 Å². The number of ether oxygens (including phenoxy) is 1. The minimum Gasteiger partial charge on any atom is -0.484 e. The largest absolute Gasteiger partial charge is 0.484 e. The summed E-state index contributed by atoms with van der Waals surface area (Å²) in [6.07, 6.45) is 0. The molecule has 0 fully saturated rings. The van der Waals surface area contributed by atoms with E-state index in [-0.39, 0.29) is 18.4 Å². The third-order valence-corrected chi connectivity index (χ3v) is 4.89. The van der Waals surface area contributed by atoms with Gasteiger partial charge in [0, 0.05) is 16.6 Å². The lowest BCUT2D eigenvalue weighted by Gasteiger charge is -2.27. The van der Waals surface area contributed by atoms with Crippen LogP contribution in [0.15, 0.2) is 29.6 Å². The summed E-state index contributed by atoms with van der Waals surface area (Å²) in [5.41, 5.74) is 1.12. The van der Waals surface area contributed by atoms with Gasteiger partial charge >= 0.3 is 0 Å². The summed E-state index contributed by atoms with van der Waals surface area (Å²) in [5.74, 6) is 0.297. The maximum Gasteiger partial charge on any atom is 0.259 e. The van der Waals surface area contributed by atoms with Crippen molar-refractivity contribution in [2.45, 2.75) is 33.2 Å². The Hall–Kier alpha value is -2.39. The standard InChI is InChI=1S/C18H21N3O2S/c1-12(2)18(4,11-19)21-16(22)9-23-15-7-5-14(6-8-15)17-20-13(3)10-24-17/h5-8,10,12H,9H2,1-4H3,(H,21,22)/t18-/m1/s1. The molecule has 6 heteroatoms. The van der Waals surface area contributed by atoms with Gasteiger partial charge in [-0.3, -0.25) is 4.79 Å². The molecule has 126 valence electrons. The van der Waals surface area contributed by atoms with Crippen LogP contribution in [-0.4, -0.2) is 23.0 Å². The van der Waals surface area contributed by atoms with E-state index in [4.69, 9.17) is 4.74 Å². The molecule has 1 amide bonds. The molecule has 0 aliphatic heterocycles. The molecule has 0 bridgehead atoms. The van der Waals surface area contributed by atoms with Crippen LogP contribution in [0, 0.1) is 24.2 Å². The third kappa shape index (κ3) is 4.33. The zero-order chi connectivity index (χ0) is 17.7. The number of aromatic nitrogens is 1. The first-order valence-electron chi connectivity index (χ1n) is 7.71. The van der Waals surface area contributed by atoms with Crippen LogP contribution in [0.3, 0.4) is 0 Å². The molecule has 1 N–H and O–H groups in total. The second kappa shape index (κ2) is 7.45. The average Bonchev–Trinajstić information content (AvgIpc) is 2.99. The van der Waals surface area contributed by atoms with E-state index in [2.05, 4.69) is 16.4 Å². The van der Waals surface area contributed by atoms with E-state index in [0.717, 1.165) is 16.3 Å². The van der Waals surface area contributed by atoms with E-state index in [1.807, 2.05) is 50.4 Å². The van der Waals surface area contributed by atoms with Crippen molar-refractivity contribution in [3.8, 4) is 22.4 Å². The lowest BCUT2D eigenvalue weighted by molar-refractivity contribution is -0.124. The quantitative estimate of drug-likeness (QED) is 0.870. The molecule has 1 aromatic heterocycles. The number of hydrogen-bond donors (Lipinski definition) is 1. The summed E-state index contributed by atoms with van der Waals surface area (Å²) in [6.45, 7) is 7.33. The van der Waals surface area contributed by atoms with Gasteiger partial charge in [-0.1, -0.05) is 13.8 Å². The van der Waals surface area contributed by atoms with E-state index in [1.165, 1.54) is 0 Å². The van der Waals surface area contributed by atoms with Crippen LogP contribution in [0.2, 0.25) is 0 Å². The fourth-order valence-corrected chi connectivity index (χ4v) is 2.76. The summed E-state index contributed by atoms with van der Waals surface area (Å²) in [6, 6.07) is 9.59. The number of benzene rings is 1. The van der Waals surface area contributed by atoms with Crippen molar-refractivity contribution >= 4 is 17.2 Å². The highest BCUT2D eigenvalue weighted by atomic mass is 32.1. The van der Waals surface area contributed by atoms with Gasteiger partial charge in [0.25, 0.3) is 5.91 Å². The van der Waals surface area contributed by atoms with E-state index in [0.29, 0.717) is 5.75 Å². The number of hydrogen-bond acceptors (Lipinski definition) is 5. The van der Waals surface area contributed by atoms with Gasteiger partial charge in [0.1, 0.15) is 16.3 Å². The molecule has 1 heterocycles. The number of nitrogens with zero attached hydrogens (tertiary/aromatic N) is 2. The van der Waals surface area contributed by atoms with E-state index < -0.39 is 5.54 Å². The predicted octanol–water partition coefficient (Wildman–Crippen LogP) is 3.55. The monoisotopic (exact) mass is 343 g/mol. The Bertz CT molecular complexity index is 746. The highest BCUT2D eigenvalue weighted by molar-refractivity contribution is 7.13. The SMILES string of the molecule is Cc1csc(-c2ccc(OCC(=O)N[C@](C)(C#N)C(C)C)cc2)n1. The summed E-state index contributed by atoms with van der Waals surface area (Å²) in [7, 11) is 0. The lowest BCUT2D eigenvalue weighted by Crippen LogP contribution is -2.50. The van der Waals surface area contributed by atoms with Crippen molar-refractivity contribution in [2.75, 3.05) is 6.61 Å². The van der Waals surface area contributed by atoms with Gasteiger partial charge in [-0.2, -0.15) is 5.26 Å². The smallest absolute Gasteiger partial charge is 0.259 e. The van der Waals surface area contributed by atoms with E-state index >= 15 is 0 Å². The highest BCUT2D eigenvalue weighted by Crippen LogP contribution is 2.25. The number of aryl methyl sites for hydroxylation is 1. The lowest BCUT2D eigenvalue weighted by atomic mass is 9.90. The number of carbonyl (C=O) groups is 1. The topological polar surface area (TPSA) is 75.0 Å². The molecule has 0 saturated carbocycles. The Morgan fingerprint density at radius 3 is 2.58 bits per heavy atom. The van der Waals surface area contributed by atoms with Crippen LogP contribution in [0.1, 0.15) is 26.5 Å². The first kappa shape index (κ1) is 18.0. The molecule has 2 aromatic rings. The van der Waals surface area contributed by atoms with Crippen LogP contribution < -0.4 is 10.1 Å². The Balaban J connectivity index is 1.93. The molecule has 0 aliphatic rings. The van der Waals surface area contributed by atoms with Crippen LogP contribution >= 0.6 is 11.3 Å². The Morgan fingerprint density at radius 2 is 2.08 bits per heavy atom. The predicted molar refractivity (Wildman–Crippen MR) is 94.8 cm³/mol. The summed E-state index contributed by atoms with van der Waals surface area (Å²) >= 11 is 1.59. The van der Waals surface area contributed by atoms with Gasteiger partial charge in [0.15, 0.2) is 6.61 Å². The summed E-state index contributed by atoms with van der Waals surface area (Å²) in [5, 5.41) is 14.9. The molecule has 1 aromatic carbocycles. The Morgan fingerprint density at radius 1 is 1.42 bits per heavy atom. The van der Waals surface area contributed by atoms with Crippen LogP contribution in [-0.2, 0) is 4.79 Å². The van der Waals surface area contributed by atoms with Crippen LogP contribution in [0.5, 0.6) is 5.75 Å². The fraction of sp³-hybridized carbons (Fsp3) is 0.389. The normalized spacial score (nSPS) is 13.2. The van der Waals surface area contributed by atoms with E-state index in [9.17, 15) is 10.1 Å². The van der Waals surface area contributed by atoms with Crippen molar-refractivity contribution in [3.63, 3.8) is 0 Å². The number of rotatable bonds is 6. The van der Waals surface area contributed by atoms with Crippen molar-refractivity contribution in [3.05, 3.63) is 35.3 Å². The second-order valence-corrected chi connectivity index (χ2v) is 6.98. The molecule has 1 atom stereocenters. The molecule has 0 spiro atoms. The molecule has 0 unspecified atom stereocenters. The van der Waals surface area contributed by atoms with E-state index in [1.54, 1.807) is 18.3 Å². The Kier molecular flexibility index (Phi) is 5.58. The molecule has 5 nitrogen and oxygen atoms in total. The molecule has 24 heavy (non-hydrogen) atoms. The summed E-state index contributed by atoms with van der Waals surface area (Å²) in [4.78, 5) is 16.4. The van der Waals surface area contributed by atoms with Crippen molar-refractivity contribution < 1.29 is 9.53 Å². The number of carbonyl (C=O) groups excluding carboxylic acids is 1. The van der Waals surface area contributed by atoms with Crippen molar-refractivity contribution in [1.82, 2.24) is 10.3 Å². The van der Waals surface area contributed by atoms with Gasteiger partial charge < -0.3 is 10.1 Å². The first-order valence-corrected chi connectivity index (χ1v) is 8.59. The number of thiazole rings is 1. The minimum absolute atomic E-state index is 0.00693. The maximum absolute atomic E-state index is 12.0. The zero-order valence-electron chi connectivity index (χ0n) is 14.3. The number of amides is 1. The van der Waals surface area contributed by atoms with Crippen LogP contribution in [0.4, 0.5) is 0 Å². The van der Waals surface area contributed by atoms with Crippen molar-refractivity contribution in [2.24, 2.45) is 5.92 Å². The maximum atomic E-state index is 12.0. The summed E-state index contributed by atoms with van der Waals surface area (Å²) < 4.78 is 5.50. The van der Waals surface area contributed by atoms with Gasteiger partial charge in [-0.15, -0.1) is 11.3 Å². The molecule has 0 radical (unpaired) electrons. The second-order valence-electron chi connectivity index (χ2n) is 6.12. The van der Waals surface area contributed by atoms with Gasteiger partial charge in [-0.25, -0.2) is 4.98 Å². The zero-order valence-corrected chi connectivity index (χ0v) is 15.1. The average molecular weight is 343 g/mol. The molecule has 0 aliphatic carbocycles. The van der Waals surface area contributed by atoms with Gasteiger partial charge in [0.2, 0.25) is 0 Å². The number of nitrogens with one attached hydrogen (secondary N) is 1. The molecular weight excluding hydrogens is 322 g/mol. The number of nitriles is 1. The highest BCUT2D eigenvalue weighted by Gasteiger charge is 2.29. The third-order valence-electron chi connectivity index (χ3n) is 3.88. The van der Waals surface area contributed by atoms with Gasteiger partial charge in [-0.05, 0) is 44.0 Å². The first-order chi connectivity index (χ1) is 11.3. The Labute approximate surface area is 146 Å². The minimum atomic E-state index is -0.896. The molecule has 2 rings (SSSR count). The molecule has 0 saturated heterocycles. The van der Waals surface area contributed by atoms with Gasteiger partial charge in [0.05, 0.1) is 6.07 Å².